The van der Waals surface area contributed by atoms with Crippen molar-refractivity contribution in [3.05, 3.63) is 53.2 Å². The highest BCUT2D eigenvalue weighted by Crippen LogP contribution is 2.22. The Balaban J connectivity index is 1.30. The first kappa shape index (κ1) is 17.8. The van der Waals surface area contributed by atoms with Crippen molar-refractivity contribution in [3.63, 3.8) is 0 Å². The number of hydrogen-bond acceptors (Lipinski definition) is 4. The van der Waals surface area contributed by atoms with Gasteiger partial charge in [0.05, 0.1) is 30.4 Å². The Morgan fingerprint density at radius 3 is 2.85 bits per heavy atom. The van der Waals surface area contributed by atoms with E-state index in [0.29, 0.717) is 6.54 Å². The van der Waals surface area contributed by atoms with Crippen molar-refractivity contribution in [2.24, 2.45) is 5.92 Å². The molecule has 142 valence electrons. The second-order valence-corrected chi connectivity index (χ2v) is 7.43. The number of benzene rings is 1. The molecule has 0 aliphatic carbocycles. The molecule has 0 bridgehead atoms. The van der Waals surface area contributed by atoms with E-state index >= 15 is 0 Å². The summed E-state index contributed by atoms with van der Waals surface area (Å²) in [7, 11) is 0. The number of aryl methyl sites for hydroxylation is 2. The fourth-order valence-corrected chi connectivity index (χ4v) is 3.74. The lowest BCUT2D eigenvalue weighted by atomic mass is 9.96. The lowest BCUT2D eigenvalue weighted by Gasteiger charge is -2.30. The van der Waals surface area contributed by atoms with E-state index in [9.17, 15) is 4.79 Å². The number of carbonyl (C=O) groups is 1. The van der Waals surface area contributed by atoms with Crippen LogP contribution in [0.1, 0.15) is 35.6 Å². The number of furan rings is 1. The van der Waals surface area contributed by atoms with Gasteiger partial charge in [-0.2, -0.15) is 0 Å². The number of likely N-dealkylation sites (tertiary alicyclic amines) is 1. The van der Waals surface area contributed by atoms with Crippen molar-refractivity contribution in [2.75, 3.05) is 13.1 Å². The average Bonchev–Trinajstić information content (AvgIpc) is 3.33. The van der Waals surface area contributed by atoms with Crippen LogP contribution in [0.5, 0.6) is 0 Å². The van der Waals surface area contributed by atoms with Crippen LogP contribution in [0.2, 0.25) is 0 Å². The summed E-state index contributed by atoms with van der Waals surface area (Å²) < 4.78 is 5.26. The highest BCUT2D eigenvalue weighted by Gasteiger charge is 2.25. The molecule has 1 aliphatic heterocycles. The van der Waals surface area contributed by atoms with Crippen LogP contribution in [0, 0.1) is 19.8 Å². The normalized spacial score (nSPS) is 16.1. The third-order valence-corrected chi connectivity index (χ3v) is 5.58. The molecule has 6 heteroatoms. The molecule has 1 amide bonds. The molecule has 1 fully saturated rings. The number of piperidine rings is 1. The first-order chi connectivity index (χ1) is 13.1. The molecule has 27 heavy (non-hydrogen) atoms. The third-order valence-electron chi connectivity index (χ3n) is 5.58. The zero-order chi connectivity index (χ0) is 18.8. The van der Waals surface area contributed by atoms with E-state index in [-0.39, 0.29) is 11.8 Å². The van der Waals surface area contributed by atoms with Crippen LogP contribution in [0.25, 0.3) is 11.0 Å². The zero-order valence-corrected chi connectivity index (χ0v) is 15.9. The number of aromatic amines is 1. The molecule has 0 atom stereocenters. The Morgan fingerprint density at radius 2 is 2.11 bits per heavy atom. The number of nitrogens with one attached hydrogen (secondary N) is 2. The van der Waals surface area contributed by atoms with Gasteiger partial charge in [-0.1, -0.05) is 6.07 Å². The number of carbonyl (C=O) groups excluding carboxylic acids is 1. The van der Waals surface area contributed by atoms with Crippen LogP contribution in [0.3, 0.4) is 0 Å². The molecule has 2 N–H and O–H groups in total. The van der Waals surface area contributed by atoms with E-state index in [1.54, 1.807) is 6.26 Å². The number of nitrogens with zero attached hydrogens (tertiary/aromatic N) is 2. The van der Waals surface area contributed by atoms with E-state index < -0.39 is 0 Å². The van der Waals surface area contributed by atoms with E-state index in [1.165, 1.54) is 11.1 Å². The largest absolute Gasteiger partial charge is 0.467 e. The van der Waals surface area contributed by atoms with Crippen molar-refractivity contribution in [3.8, 4) is 0 Å². The predicted molar refractivity (Wildman–Crippen MR) is 104 cm³/mol. The van der Waals surface area contributed by atoms with Gasteiger partial charge in [-0.25, -0.2) is 4.98 Å². The molecule has 2 aromatic heterocycles. The standard InChI is InChI=1S/C21H26N4O2/c1-14-5-6-18-20(15(14)2)24-19(23-18)13-25-9-7-16(8-10-25)21(26)22-12-17-4-3-11-27-17/h3-6,11,16H,7-10,12-13H2,1-2H3,(H,22,26)(H,23,24). The molecule has 3 heterocycles. The monoisotopic (exact) mass is 366 g/mol. The lowest BCUT2D eigenvalue weighted by molar-refractivity contribution is -0.126. The Hall–Kier alpha value is -2.60. The van der Waals surface area contributed by atoms with Crippen LogP contribution in [-0.4, -0.2) is 33.9 Å². The van der Waals surface area contributed by atoms with E-state index in [0.717, 1.165) is 55.1 Å². The van der Waals surface area contributed by atoms with Crippen LogP contribution in [0.15, 0.2) is 34.9 Å². The number of hydrogen-bond donors (Lipinski definition) is 2. The second kappa shape index (κ2) is 7.56. The molecule has 1 aromatic carbocycles. The maximum absolute atomic E-state index is 12.4. The summed E-state index contributed by atoms with van der Waals surface area (Å²) in [6, 6.07) is 7.94. The molecule has 3 aromatic rings. The van der Waals surface area contributed by atoms with Crippen LogP contribution >= 0.6 is 0 Å². The van der Waals surface area contributed by atoms with E-state index in [4.69, 9.17) is 9.40 Å². The van der Waals surface area contributed by atoms with Gasteiger partial charge in [0.2, 0.25) is 5.91 Å². The van der Waals surface area contributed by atoms with Crippen molar-refractivity contribution in [1.82, 2.24) is 20.2 Å². The Labute approximate surface area is 159 Å². The Kier molecular flexibility index (Phi) is 4.99. The van der Waals surface area contributed by atoms with Crippen molar-refractivity contribution in [2.45, 2.75) is 39.8 Å². The first-order valence-electron chi connectivity index (χ1n) is 9.57. The SMILES string of the molecule is Cc1ccc2[nH]c(CN3CCC(C(=O)NCc4ccco4)CC3)nc2c1C. The zero-order valence-electron chi connectivity index (χ0n) is 15.9. The van der Waals surface area contributed by atoms with Gasteiger partial charge >= 0.3 is 0 Å². The molecule has 1 aliphatic rings. The quantitative estimate of drug-likeness (QED) is 0.727. The lowest BCUT2D eigenvalue weighted by Crippen LogP contribution is -2.40. The Bertz CT molecular complexity index is 921. The van der Waals surface area contributed by atoms with Crippen LogP contribution in [0.4, 0.5) is 0 Å². The molecule has 1 saturated heterocycles. The predicted octanol–water partition coefficient (Wildman–Crippen LogP) is 3.30. The summed E-state index contributed by atoms with van der Waals surface area (Å²) >= 11 is 0. The molecule has 0 spiro atoms. The minimum atomic E-state index is 0.0804. The molecule has 6 nitrogen and oxygen atoms in total. The van der Waals surface area contributed by atoms with Gasteiger partial charge in [0.1, 0.15) is 11.6 Å². The second-order valence-electron chi connectivity index (χ2n) is 7.43. The topological polar surface area (TPSA) is 74.2 Å². The number of rotatable bonds is 5. The summed E-state index contributed by atoms with van der Waals surface area (Å²) in [5, 5.41) is 2.98. The highest BCUT2D eigenvalue weighted by molar-refractivity contribution is 5.80. The molecular formula is C21H26N4O2. The van der Waals surface area contributed by atoms with E-state index in [2.05, 4.69) is 41.2 Å². The van der Waals surface area contributed by atoms with Gasteiger partial charge in [0, 0.05) is 5.92 Å². The summed E-state index contributed by atoms with van der Waals surface area (Å²) in [6.45, 7) is 7.32. The minimum absolute atomic E-state index is 0.0804. The van der Waals surface area contributed by atoms with Crippen LogP contribution < -0.4 is 5.32 Å². The van der Waals surface area contributed by atoms with Gasteiger partial charge in [-0.15, -0.1) is 0 Å². The summed E-state index contributed by atoms with van der Waals surface area (Å²) in [5.74, 6) is 1.99. The molecular weight excluding hydrogens is 340 g/mol. The number of fused-ring (bicyclic) bond motifs is 1. The summed E-state index contributed by atoms with van der Waals surface area (Å²) in [6.07, 6.45) is 3.38. The highest BCUT2D eigenvalue weighted by atomic mass is 16.3. The Morgan fingerprint density at radius 1 is 1.30 bits per heavy atom. The number of imidazole rings is 1. The van der Waals surface area contributed by atoms with Gasteiger partial charge in [-0.05, 0) is 69.1 Å². The third kappa shape index (κ3) is 3.90. The summed E-state index contributed by atoms with van der Waals surface area (Å²) in [4.78, 5) is 23.0. The first-order valence-corrected chi connectivity index (χ1v) is 9.57. The maximum atomic E-state index is 12.4. The number of amides is 1. The van der Waals surface area contributed by atoms with Gasteiger partial charge in [0.15, 0.2) is 0 Å². The molecule has 0 unspecified atom stereocenters. The van der Waals surface area contributed by atoms with Crippen molar-refractivity contribution in [1.29, 1.82) is 0 Å². The molecule has 4 rings (SSSR count). The van der Waals surface area contributed by atoms with E-state index in [1.807, 2.05) is 12.1 Å². The van der Waals surface area contributed by atoms with Crippen molar-refractivity contribution >= 4 is 16.9 Å². The summed E-state index contributed by atoms with van der Waals surface area (Å²) in [5.41, 5.74) is 4.67. The maximum Gasteiger partial charge on any atom is 0.223 e. The number of H-pyrrole nitrogens is 1. The fraction of sp³-hybridized carbons (Fsp3) is 0.429. The van der Waals surface area contributed by atoms with Gasteiger partial charge in [0.25, 0.3) is 0 Å². The number of aromatic nitrogens is 2. The molecule has 0 saturated carbocycles. The fourth-order valence-electron chi connectivity index (χ4n) is 3.74. The molecule has 0 radical (unpaired) electrons. The van der Waals surface area contributed by atoms with Gasteiger partial charge < -0.3 is 14.7 Å². The minimum Gasteiger partial charge on any atom is -0.467 e. The van der Waals surface area contributed by atoms with Gasteiger partial charge in [-0.3, -0.25) is 9.69 Å². The van der Waals surface area contributed by atoms with Crippen LogP contribution in [-0.2, 0) is 17.9 Å². The smallest absolute Gasteiger partial charge is 0.223 e. The van der Waals surface area contributed by atoms with Crippen molar-refractivity contribution < 1.29 is 9.21 Å². The average molecular weight is 366 g/mol.